The van der Waals surface area contributed by atoms with E-state index in [0.717, 1.165) is 5.56 Å². The van der Waals surface area contributed by atoms with Crippen molar-refractivity contribution < 1.29 is 9.58 Å². The van der Waals surface area contributed by atoms with Crippen LogP contribution in [-0.4, -0.2) is 27.9 Å². The summed E-state index contributed by atoms with van der Waals surface area (Å²) in [6, 6.07) is 9.71. The van der Waals surface area contributed by atoms with Gasteiger partial charge in [-0.2, -0.15) is 4.79 Å². The van der Waals surface area contributed by atoms with Gasteiger partial charge in [0, 0.05) is 20.0 Å². The molecule has 0 aliphatic carbocycles. The summed E-state index contributed by atoms with van der Waals surface area (Å²) in [5.74, 6) is -0.242. The lowest BCUT2D eigenvalue weighted by atomic mass is 10.2. The highest BCUT2D eigenvalue weighted by molar-refractivity contribution is 6.35. The summed E-state index contributed by atoms with van der Waals surface area (Å²) in [6.45, 7) is 4.51. The Kier molecular flexibility index (Phi) is 4.42. The van der Waals surface area contributed by atoms with Crippen LogP contribution in [0.4, 0.5) is 0 Å². The lowest BCUT2D eigenvalue weighted by Crippen LogP contribution is -2.35. The molecule has 0 fully saturated rings. The summed E-state index contributed by atoms with van der Waals surface area (Å²) in [6.07, 6.45) is 0. The van der Waals surface area contributed by atoms with Crippen molar-refractivity contribution in [1.82, 2.24) is 4.90 Å². The van der Waals surface area contributed by atoms with Gasteiger partial charge in [0.25, 0.3) is 0 Å². The van der Waals surface area contributed by atoms with Crippen LogP contribution in [0.2, 0.25) is 0 Å². The van der Waals surface area contributed by atoms with Crippen LogP contribution in [0.3, 0.4) is 0 Å². The zero-order chi connectivity index (χ0) is 12.0. The molecule has 0 heterocycles. The van der Waals surface area contributed by atoms with Gasteiger partial charge in [0.1, 0.15) is 0 Å². The molecule has 0 saturated heterocycles. The second kappa shape index (κ2) is 5.83. The van der Waals surface area contributed by atoms with Gasteiger partial charge in [-0.3, -0.25) is 4.79 Å². The standard InChI is InChI=1S/C12H15N3O/c1-3-15(12(16)10(2)14-13)9-11-7-5-4-6-8-11/h4-8H,3,9H2,1-2H3. The van der Waals surface area contributed by atoms with Gasteiger partial charge < -0.3 is 10.4 Å². The molecule has 1 aromatic rings. The molecule has 0 spiro atoms. The van der Waals surface area contributed by atoms with E-state index in [4.69, 9.17) is 5.53 Å². The third kappa shape index (κ3) is 3.04. The van der Waals surface area contributed by atoms with E-state index >= 15 is 0 Å². The summed E-state index contributed by atoms with van der Waals surface area (Å²) in [7, 11) is 0. The van der Waals surface area contributed by atoms with Gasteiger partial charge in [0.05, 0.1) is 0 Å². The SMILES string of the molecule is CCN(Cc1ccccc1)C(=O)C(C)=[N+]=[N-]. The predicted octanol–water partition coefficient (Wildman–Crippen LogP) is 1.73. The topological polar surface area (TPSA) is 56.7 Å². The summed E-state index contributed by atoms with van der Waals surface area (Å²) < 4.78 is 0. The fourth-order valence-corrected chi connectivity index (χ4v) is 1.40. The molecule has 1 aromatic carbocycles. The van der Waals surface area contributed by atoms with Gasteiger partial charge in [0.2, 0.25) is 0 Å². The Labute approximate surface area is 95.1 Å². The van der Waals surface area contributed by atoms with Crippen LogP contribution in [0.25, 0.3) is 5.53 Å². The molecule has 0 N–H and O–H groups in total. The molecule has 4 heteroatoms. The van der Waals surface area contributed by atoms with Crippen LogP contribution in [0.1, 0.15) is 19.4 Å². The number of benzene rings is 1. The Morgan fingerprint density at radius 3 is 2.50 bits per heavy atom. The van der Waals surface area contributed by atoms with Crippen molar-refractivity contribution in [2.24, 2.45) is 0 Å². The monoisotopic (exact) mass is 217 g/mol. The number of hydrogen-bond acceptors (Lipinski definition) is 1. The van der Waals surface area contributed by atoms with Crippen molar-refractivity contribution in [2.45, 2.75) is 20.4 Å². The fraction of sp³-hybridized carbons (Fsp3) is 0.333. The number of amides is 1. The average Bonchev–Trinajstić information content (AvgIpc) is 2.35. The molecule has 16 heavy (non-hydrogen) atoms. The minimum Gasteiger partial charge on any atom is -0.361 e. The summed E-state index contributed by atoms with van der Waals surface area (Å²) in [4.78, 5) is 16.3. The van der Waals surface area contributed by atoms with Crippen molar-refractivity contribution in [3.8, 4) is 0 Å². The average molecular weight is 217 g/mol. The van der Waals surface area contributed by atoms with Crippen LogP contribution < -0.4 is 0 Å². The maximum Gasteiger partial charge on any atom is 0.353 e. The number of rotatable bonds is 4. The Bertz CT molecular complexity index is 408. The Morgan fingerprint density at radius 1 is 1.38 bits per heavy atom. The van der Waals surface area contributed by atoms with E-state index in [0.29, 0.717) is 13.1 Å². The molecular weight excluding hydrogens is 202 g/mol. The Hall–Kier alpha value is -1.93. The van der Waals surface area contributed by atoms with Crippen molar-refractivity contribution in [1.29, 1.82) is 0 Å². The lowest BCUT2D eigenvalue weighted by molar-refractivity contribution is -0.129. The molecule has 1 amide bonds. The second-order valence-corrected chi connectivity index (χ2v) is 3.49. The minimum absolute atomic E-state index is 0.109. The van der Waals surface area contributed by atoms with E-state index < -0.39 is 0 Å². The van der Waals surface area contributed by atoms with E-state index in [1.54, 1.807) is 4.90 Å². The number of carbonyl (C=O) groups excluding carboxylic acids is 1. The first-order valence-corrected chi connectivity index (χ1v) is 5.21. The first kappa shape index (κ1) is 12.1. The maximum atomic E-state index is 11.7. The van der Waals surface area contributed by atoms with E-state index in [-0.39, 0.29) is 11.6 Å². The quantitative estimate of drug-likeness (QED) is 0.430. The predicted molar refractivity (Wildman–Crippen MR) is 61.8 cm³/mol. The highest BCUT2D eigenvalue weighted by Crippen LogP contribution is 2.04. The molecule has 0 radical (unpaired) electrons. The van der Waals surface area contributed by atoms with Crippen molar-refractivity contribution >= 4 is 11.6 Å². The number of nitrogens with zero attached hydrogens (tertiary/aromatic N) is 3. The van der Waals surface area contributed by atoms with Crippen LogP contribution in [-0.2, 0) is 11.3 Å². The molecule has 0 atom stereocenters. The first-order valence-electron chi connectivity index (χ1n) is 5.21. The number of carbonyl (C=O) groups is 1. The third-order valence-corrected chi connectivity index (χ3v) is 2.34. The van der Waals surface area contributed by atoms with Crippen molar-refractivity contribution in [3.05, 3.63) is 41.4 Å². The van der Waals surface area contributed by atoms with Gasteiger partial charge in [-0.15, -0.1) is 0 Å². The Balaban J connectivity index is 2.77. The normalized spacial score (nSPS) is 9.38. The molecular formula is C12H15N3O. The summed E-state index contributed by atoms with van der Waals surface area (Å²) >= 11 is 0. The van der Waals surface area contributed by atoms with E-state index in [9.17, 15) is 4.79 Å². The van der Waals surface area contributed by atoms with E-state index in [1.165, 1.54) is 6.92 Å². The smallest absolute Gasteiger partial charge is 0.353 e. The van der Waals surface area contributed by atoms with E-state index in [2.05, 4.69) is 4.79 Å². The van der Waals surface area contributed by atoms with E-state index in [1.807, 2.05) is 37.3 Å². The molecule has 4 nitrogen and oxygen atoms in total. The molecule has 84 valence electrons. The highest BCUT2D eigenvalue weighted by atomic mass is 16.2. The summed E-state index contributed by atoms with van der Waals surface area (Å²) in [5.41, 5.74) is 9.72. The highest BCUT2D eigenvalue weighted by Gasteiger charge is 2.20. The Morgan fingerprint density at radius 2 is 2.00 bits per heavy atom. The molecule has 0 aliphatic heterocycles. The van der Waals surface area contributed by atoms with Gasteiger partial charge >= 0.3 is 11.6 Å². The maximum absolute atomic E-state index is 11.7. The fourth-order valence-electron chi connectivity index (χ4n) is 1.40. The van der Waals surface area contributed by atoms with Gasteiger partial charge in [0.15, 0.2) is 0 Å². The van der Waals surface area contributed by atoms with Crippen molar-refractivity contribution in [2.75, 3.05) is 6.54 Å². The molecule has 0 aliphatic rings. The molecule has 0 saturated carbocycles. The first-order chi connectivity index (χ1) is 7.69. The van der Waals surface area contributed by atoms with Crippen LogP contribution in [0, 0.1) is 0 Å². The third-order valence-electron chi connectivity index (χ3n) is 2.34. The van der Waals surface area contributed by atoms with Crippen LogP contribution in [0.15, 0.2) is 30.3 Å². The van der Waals surface area contributed by atoms with Gasteiger partial charge in [-0.1, -0.05) is 30.3 Å². The van der Waals surface area contributed by atoms with Gasteiger partial charge in [-0.25, -0.2) is 0 Å². The van der Waals surface area contributed by atoms with Crippen LogP contribution in [0.5, 0.6) is 0 Å². The number of hydrogen-bond donors (Lipinski definition) is 0. The summed E-state index contributed by atoms with van der Waals surface area (Å²) in [5, 5.41) is 0. The molecule has 0 aromatic heterocycles. The largest absolute Gasteiger partial charge is 0.361 e. The molecule has 0 bridgehead atoms. The molecule has 0 unspecified atom stereocenters. The van der Waals surface area contributed by atoms with Crippen molar-refractivity contribution in [3.63, 3.8) is 0 Å². The zero-order valence-electron chi connectivity index (χ0n) is 9.55. The lowest BCUT2D eigenvalue weighted by Gasteiger charge is -2.17. The minimum atomic E-state index is -0.242. The van der Waals surface area contributed by atoms with Gasteiger partial charge in [-0.05, 0) is 12.5 Å². The van der Waals surface area contributed by atoms with Crippen LogP contribution >= 0.6 is 0 Å². The second-order valence-electron chi connectivity index (χ2n) is 3.49. The molecule has 1 rings (SSSR count). The zero-order valence-corrected chi connectivity index (χ0v) is 9.55.